The number of benzene rings is 2. The third kappa shape index (κ3) is 5.51. The Bertz CT molecular complexity index is 899. The lowest BCUT2D eigenvalue weighted by atomic mass is 10.1. The Morgan fingerprint density at radius 2 is 1.85 bits per heavy atom. The zero-order valence-electron chi connectivity index (χ0n) is 14.8. The van der Waals surface area contributed by atoms with Gasteiger partial charge in [-0.2, -0.15) is 0 Å². The van der Waals surface area contributed by atoms with Crippen LogP contribution in [-0.4, -0.2) is 21.7 Å². The highest BCUT2D eigenvalue weighted by molar-refractivity contribution is 8.00. The molecule has 1 N–H and O–H groups in total. The first kappa shape index (κ1) is 19.3. The van der Waals surface area contributed by atoms with Crippen LogP contribution >= 0.6 is 23.1 Å². The average Bonchev–Trinajstić information content (AvgIpc) is 3.10. The fourth-order valence-electron chi connectivity index (χ4n) is 2.13. The third-order valence-corrected chi connectivity index (χ3v) is 5.61. The van der Waals surface area contributed by atoms with E-state index in [1.165, 1.54) is 41.2 Å². The summed E-state index contributed by atoms with van der Waals surface area (Å²) in [6.07, 6.45) is 0. The Kier molecular flexibility index (Phi) is 6.08. The van der Waals surface area contributed by atoms with E-state index in [1.807, 2.05) is 30.3 Å². The Labute approximate surface area is 165 Å². The van der Waals surface area contributed by atoms with Gasteiger partial charge in [0.25, 0.3) is 5.91 Å². The second-order valence-corrected chi connectivity index (χ2v) is 8.37. The minimum Gasteiger partial charge on any atom is -0.478 e. The van der Waals surface area contributed by atoms with Gasteiger partial charge in [-0.1, -0.05) is 53.4 Å². The van der Waals surface area contributed by atoms with E-state index in [4.69, 9.17) is 4.74 Å². The second kappa shape index (κ2) is 8.49. The predicted octanol–water partition coefficient (Wildman–Crippen LogP) is 4.77. The van der Waals surface area contributed by atoms with Crippen molar-refractivity contribution in [2.24, 2.45) is 0 Å². The Balaban J connectivity index is 1.57. The fourth-order valence-corrected chi connectivity index (χ4v) is 3.83. The summed E-state index contributed by atoms with van der Waals surface area (Å²) in [6, 6.07) is 15.6. The first-order chi connectivity index (χ1) is 12.9. The maximum Gasteiger partial charge on any atom is 0.269 e. The van der Waals surface area contributed by atoms with E-state index in [2.05, 4.69) is 15.5 Å². The number of carbonyl (C=O) groups is 1. The number of anilines is 1. The van der Waals surface area contributed by atoms with Gasteiger partial charge in [0, 0.05) is 5.75 Å². The molecule has 2 aromatic carbocycles. The second-order valence-electron chi connectivity index (χ2n) is 6.17. The standard InChI is InChI=1S/C19H18FN3O2S2/c1-19(2,25-15-10-8-14(20)9-11-15)16(24)21-17-22-23-18(27-17)26-12-13-6-4-3-5-7-13/h3-11H,12H2,1-2H3,(H,21,22,24). The molecule has 0 bridgehead atoms. The van der Waals surface area contributed by atoms with E-state index < -0.39 is 5.60 Å². The molecule has 8 heteroatoms. The van der Waals surface area contributed by atoms with Crippen LogP contribution in [0.5, 0.6) is 5.75 Å². The molecule has 0 spiro atoms. The molecule has 27 heavy (non-hydrogen) atoms. The molecule has 5 nitrogen and oxygen atoms in total. The molecule has 0 aliphatic carbocycles. The van der Waals surface area contributed by atoms with Crippen LogP contribution in [0.1, 0.15) is 19.4 Å². The lowest BCUT2D eigenvalue weighted by Gasteiger charge is -2.24. The summed E-state index contributed by atoms with van der Waals surface area (Å²) in [5.41, 5.74) is 0.0398. The molecule has 140 valence electrons. The number of thioether (sulfide) groups is 1. The summed E-state index contributed by atoms with van der Waals surface area (Å²) >= 11 is 2.87. The van der Waals surface area contributed by atoms with Crippen molar-refractivity contribution in [2.45, 2.75) is 29.5 Å². The van der Waals surface area contributed by atoms with Crippen LogP contribution in [0, 0.1) is 5.82 Å². The van der Waals surface area contributed by atoms with Gasteiger partial charge in [0.15, 0.2) is 9.94 Å². The van der Waals surface area contributed by atoms with Crippen molar-refractivity contribution in [3.8, 4) is 5.75 Å². The number of aromatic nitrogens is 2. The van der Waals surface area contributed by atoms with Crippen molar-refractivity contribution in [1.29, 1.82) is 0 Å². The minimum atomic E-state index is -1.15. The molecule has 0 aliphatic heterocycles. The minimum absolute atomic E-state index is 0.359. The van der Waals surface area contributed by atoms with Crippen LogP contribution in [-0.2, 0) is 10.5 Å². The fraction of sp³-hybridized carbons (Fsp3) is 0.211. The Morgan fingerprint density at radius 3 is 2.56 bits per heavy atom. The van der Waals surface area contributed by atoms with Gasteiger partial charge in [-0.05, 0) is 43.7 Å². The quantitative estimate of drug-likeness (QED) is 0.455. The normalized spacial score (nSPS) is 11.2. The van der Waals surface area contributed by atoms with Gasteiger partial charge in [0.05, 0.1) is 0 Å². The van der Waals surface area contributed by atoms with Crippen molar-refractivity contribution in [3.05, 3.63) is 66.0 Å². The lowest BCUT2D eigenvalue weighted by Crippen LogP contribution is -2.42. The van der Waals surface area contributed by atoms with Crippen molar-refractivity contribution in [2.75, 3.05) is 5.32 Å². The zero-order chi connectivity index (χ0) is 19.3. The summed E-state index contributed by atoms with van der Waals surface area (Å²) in [5.74, 6) is 0.470. The molecule has 1 aromatic heterocycles. The van der Waals surface area contributed by atoms with Crippen LogP contribution in [0.3, 0.4) is 0 Å². The maximum atomic E-state index is 13.0. The van der Waals surface area contributed by atoms with Crippen LogP contribution in [0.4, 0.5) is 9.52 Å². The lowest BCUT2D eigenvalue weighted by molar-refractivity contribution is -0.128. The molecular formula is C19H18FN3O2S2. The highest BCUT2D eigenvalue weighted by atomic mass is 32.2. The summed E-state index contributed by atoms with van der Waals surface area (Å²) < 4.78 is 19.4. The van der Waals surface area contributed by atoms with Gasteiger partial charge < -0.3 is 4.74 Å². The van der Waals surface area contributed by atoms with E-state index in [1.54, 1.807) is 25.6 Å². The first-order valence-electron chi connectivity index (χ1n) is 8.19. The van der Waals surface area contributed by atoms with Crippen molar-refractivity contribution in [3.63, 3.8) is 0 Å². The molecule has 0 aliphatic rings. The van der Waals surface area contributed by atoms with Crippen LogP contribution < -0.4 is 10.1 Å². The largest absolute Gasteiger partial charge is 0.478 e. The molecule has 1 amide bonds. The number of amides is 1. The van der Waals surface area contributed by atoms with Crippen LogP contribution in [0.15, 0.2) is 58.9 Å². The Morgan fingerprint density at radius 1 is 1.15 bits per heavy atom. The monoisotopic (exact) mass is 403 g/mol. The zero-order valence-corrected chi connectivity index (χ0v) is 16.4. The number of carbonyl (C=O) groups excluding carboxylic acids is 1. The number of nitrogens with one attached hydrogen (secondary N) is 1. The number of rotatable bonds is 7. The van der Waals surface area contributed by atoms with E-state index in [0.717, 1.165) is 10.1 Å². The number of hydrogen-bond acceptors (Lipinski definition) is 6. The van der Waals surface area contributed by atoms with Crippen LogP contribution in [0.2, 0.25) is 0 Å². The van der Waals surface area contributed by atoms with Gasteiger partial charge in [-0.3, -0.25) is 10.1 Å². The molecular weight excluding hydrogens is 385 g/mol. The maximum absolute atomic E-state index is 13.0. The molecule has 0 radical (unpaired) electrons. The molecule has 3 aromatic rings. The number of halogens is 1. The van der Waals surface area contributed by atoms with Gasteiger partial charge in [0.2, 0.25) is 5.13 Å². The van der Waals surface area contributed by atoms with Gasteiger partial charge in [-0.25, -0.2) is 4.39 Å². The van der Waals surface area contributed by atoms with Crippen molar-refractivity contribution < 1.29 is 13.9 Å². The van der Waals surface area contributed by atoms with E-state index in [-0.39, 0.29) is 11.7 Å². The predicted molar refractivity (Wildman–Crippen MR) is 106 cm³/mol. The molecule has 3 rings (SSSR count). The van der Waals surface area contributed by atoms with Gasteiger partial charge in [0.1, 0.15) is 11.6 Å². The highest BCUT2D eigenvalue weighted by Crippen LogP contribution is 2.29. The summed E-state index contributed by atoms with van der Waals surface area (Å²) in [6.45, 7) is 3.27. The average molecular weight is 404 g/mol. The molecule has 0 saturated heterocycles. The third-order valence-electron chi connectivity index (χ3n) is 3.57. The number of ether oxygens (including phenoxy) is 1. The van der Waals surface area contributed by atoms with Crippen LogP contribution in [0.25, 0.3) is 0 Å². The summed E-state index contributed by atoms with van der Waals surface area (Å²) in [7, 11) is 0. The molecule has 0 saturated carbocycles. The smallest absolute Gasteiger partial charge is 0.269 e. The molecule has 0 atom stereocenters. The number of hydrogen-bond donors (Lipinski definition) is 1. The first-order valence-corrected chi connectivity index (χ1v) is 9.99. The topological polar surface area (TPSA) is 64.1 Å². The van der Waals surface area contributed by atoms with Gasteiger partial charge in [-0.15, -0.1) is 10.2 Å². The number of nitrogens with zero attached hydrogens (tertiary/aromatic N) is 2. The van der Waals surface area contributed by atoms with Gasteiger partial charge >= 0.3 is 0 Å². The molecule has 0 fully saturated rings. The summed E-state index contributed by atoms with van der Waals surface area (Å²) in [5, 5.41) is 11.2. The molecule has 0 unspecified atom stereocenters. The molecule has 1 heterocycles. The van der Waals surface area contributed by atoms with Crippen molar-refractivity contribution >= 4 is 34.1 Å². The summed E-state index contributed by atoms with van der Waals surface area (Å²) in [4.78, 5) is 12.5. The SMILES string of the molecule is CC(C)(Oc1ccc(F)cc1)C(=O)Nc1nnc(SCc2ccccc2)s1. The van der Waals surface area contributed by atoms with Crippen molar-refractivity contribution in [1.82, 2.24) is 10.2 Å². The highest BCUT2D eigenvalue weighted by Gasteiger charge is 2.31. The van der Waals surface area contributed by atoms with E-state index in [9.17, 15) is 9.18 Å². The Hall–Kier alpha value is -2.45. The van der Waals surface area contributed by atoms with E-state index in [0.29, 0.717) is 10.9 Å². The van der Waals surface area contributed by atoms with E-state index >= 15 is 0 Å².